The van der Waals surface area contributed by atoms with E-state index in [1.165, 1.54) is 12.1 Å². The first-order valence-corrected chi connectivity index (χ1v) is 9.97. The van der Waals surface area contributed by atoms with Crippen LogP contribution in [0.1, 0.15) is 22.3 Å². The molecule has 0 unspecified atom stereocenters. The van der Waals surface area contributed by atoms with Crippen molar-refractivity contribution in [3.8, 4) is 0 Å². The standard InChI is InChI=1S/C21H21ClN6O3/c22-17-6-2-1-5-16(17)14-27-18-8-7-15(13-19(18)28(30)31)20(29)23-9-3-10-24-21-25-11-4-12-26-21/h1-2,4-8,11-13,27H,3,9-10,14H2,(H,23,29)(H,24,25,26). The van der Waals surface area contributed by atoms with E-state index in [2.05, 4.69) is 25.9 Å². The van der Waals surface area contributed by atoms with Gasteiger partial charge >= 0.3 is 0 Å². The molecule has 1 amide bonds. The molecule has 1 aromatic heterocycles. The van der Waals surface area contributed by atoms with Crippen molar-refractivity contribution in [2.24, 2.45) is 0 Å². The van der Waals surface area contributed by atoms with Crippen LogP contribution in [0.3, 0.4) is 0 Å². The lowest BCUT2D eigenvalue weighted by molar-refractivity contribution is -0.384. The van der Waals surface area contributed by atoms with Crippen molar-refractivity contribution in [1.82, 2.24) is 15.3 Å². The molecule has 0 saturated carbocycles. The minimum absolute atomic E-state index is 0.178. The topological polar surface area (TPSA) is 122 Å². The number of aromatic nitrogens is 2. The summed E-state index contributed by atoms with van der Waals surface area (Å²) in [5, 5.41) is 20.9. The highest BCUT2D eigenvalue weighted by Crippen LogP contribution is 2.27. The van der Waals surface area contributed by atoms with E-state index >= 15 is 0 Å². The molecule has 10 heteroatoms. The summed E-state index contributed by atoms with van der Waals surface area (Å²) in [6.07, 6.45) is 3.91. The van der Waals surface area contributed by atoms with Gasteiger partial charge in [0.2, 0.25) is 5.95 Å². The quantitative estimate of drug-likeness (QED) is 0.248. The number of nitro benzene ring substituents is 1. The molecule has 0 aliphatic carbocycles. The molecule has 0 bridgehead atoms. The van der Waals surface area contributed by atoms with Crippen molar-refractivity contribution < 1.29 is 9.72 Å². The summed E-state index contributed by atoms with van der Waals surface area (Å²) in [7, 11) is 0. The lowest BCUT2D eigenvalue weighted by Crippen LogP contribution is -2.26. The number of carbonyl (C=O) groups is 1. The number of hydrogen-bond acceptors (Lipinski definition) is 7. The van der Waals surface area contributed by atoms with E-state index in [4.69, 9.17) is 11.6 Å². The van der Waals surface area contributed by atoms with E-state index < -0.39 is 4.92 Å². The Kier molecular flexibility index (Phi) is 7.72. The molecule has 0 radical (unpaired) electrons. The average molecular weight is 441 g/mol. The van der Waals surface area contributed by atoms with E-state index in [0.29, 0.717) is 42.7 Å². The maximum atomic E-state index is 12.4. The van der Waals surface area contributed by atoms with E-state index in [9.17, 15) is 14.9 Å². The van der Waals surface area contributed by atoms with Crippen molar-refractivity contribution >= 4 is 34.8 Å². The third-order valence-electron chi connectivity index (χ3n) is 4.37. The maximum absolute atomic E-state index is 12.4. The molecule has 3 aromatic rings. The van der Waals surface area contributed by atoms with Crippen molar-refractivity contribution in [2.75, 3.05) is 23.7 Å². The molecule has 2 aromatic carbocycles. The van der Waals surface area contributed by atoms with E-state index in [1.54, 1.807) is 30.6 Å². The zero-order valence-corrected chi connectivity index (χ0v) is 17.3. The second-order valence-electron chi connectivity index (χ2n) is 6.54. The molecule has 3 N–H and O–H groups in total. The maximum Gasteiger partial charge on any atom is 0.293 e. The summed E-state index contributed by atoms with van der Waals surface area (Å²) < 4.78 is 0. The largest absolute Gasteiger partial charge is 0.375 e. The van der Waals surface area contributed by atoms with Crippen LogP contribution in [0.5, 0.6) is 0 Å². The van der Waals surface area contributed by atoms with Gasteiger partial charge in [-0.25, -0.2) is 9.97 Å². The lowest BCUT2D eigenvalue weighted by atomic mass is 10.1. The highest BCUT2D eigenvalue weighted by atomic mass is 35.5. The zero-order valence-electron chi connectivity index (χ0n) is 16.5. The Bertz CT molecular complexity index is 1050. The number of amides is 1. The molecule has 0 aliphatic heterocycles. The van der Waals surface area contributed by atoms with E-state index in [-0.39, 0.29) is 17.2 Å². The predicted molar refractivity (Wildman–Crippen MR) is 119 cm³/mol. The van der Waals surface area contributed by atoms with Crippen LogP contribution in [0.25, 0.3) is 0 Å². The number of rotatable bonds is 10. The third-order valence-corrected chi connectivity index (χ3v) is 4.74. The van der Waals surface area contributed by atoms with Gasteiger partial charge in [-0.2, -0.15) is 0 Å². The molecular formula is C21H21ClN6O3. The lowest BCUT2D eigenvalue weighted by Gasteiger charge is -2.10. The van der Waals surface area contributed by atoms with Crippen molar-refractivity contribution in [3.63, 3.8) is 0 Å². The first-order valence-electron chi connectivity index (χ1n) is 9.59. The molecule has 0 saturated heterocycles. The van der Waals surface area contributed by atoms with Crippen LogP contribution in [0.4, 0.5) is 17.3 Å². The van der Waals surface area contributed by atoms with Gasteiger partial charge in [-0.15, -0.1) is 0 Å². The van der Waals surface area contributed by atoms with Gasteiger partial charge in [0, 0.05) is 48.7 Å². The first kappa shape index (κ1) is 22.0. The fourth-order valence-electron chi connectivity index (χ4n) is 2.79. The Morgan fingerprint density at radius 3 is 2.55 bits per heavy atom. The highest BCUT2D eigenvalue weighted by molar-refractivity contribution is 6.31. The molecule has 3 rings (SSSR count). The molecule has 0 atom stereocenters. The fraction of sp³-hybridized carbons (Fsp3) is 0.190. The van der Waals surface area contributed by atoms with E-state index in [0.717, 1.165) is 5.56 Å². The fourth-order valence-corrected chi connectivity index (χ4v) is 2.99. The van der Waals surface area contributed by atoms with Crippen LogP contribution in [0.15, 0.2) is 60.9 Å². The predicted octanol–water partition coefficient (Wildman–Crippen LogP) is 3.88. The van der Waals surface area contributed by atoms with Gasteiger partial charge in [0.15, 0.2) is 0 Å². The summed E-state index contributed by atoms with van der Waals surface area (Å²) in [5.74, 6) is 0.140. The summed E-state index contributed by atoms with van der Waals surface area (Å²) in [6.45, 7) is 1.30. The van der Waals surface area contributed by atoms with Gasteiger partial charge < -0.3 is 16.0 Å². The second-order valence-corrected chi connectivity index (χ2v) is 6.95. The highest BCUT2D eigenvalue weighted by Gasteiger charge is 2.17. The Hall–Kier alpha value is -3.72. The van der Waals surface area contributed by atoms with Gasteiger partial charge in [-0.05, 0) is 36.2 Å². The molecule has 160 valence electrons. The SMILES string of the molecule is O=C(NCCCNc1ncccn1)c1ccc(NCc2ccccc2Cl)c([N+](=O)[O-])c1. The van der Waals surface area contributed by atoms with Gasteiger partial charge in [-0.3, -0.25) is 14.9 Å². The van der Waals surface area contributed by atoms with Crippen LogP contribution in [0, 0.1) is 10.1 Å². The van der Waals surface area contributed by atoms with Crippen molar-refractivity contribution in [1.29, 1.82) is 0 Å². The molecule has 1 heterocycles. The smallest absolute Gasteiger partial charge is 0.293 e. The van der Waals surface area contributed by atoms with Gasteiger partial charge in [0.05, 0.1) is 4.92 Å². The molecule has 0 fully saturated rings. The normalized spacial score (nSPS) is 10.4. The minimum Gasteiger partial charge on any atom is -0.375 e. The average Bonchev–Trinajstić information content (AvgIpc) is 2.78. The monoisotopic (exact) mass is 440 g/mol. The zero-order chi connectivity index (χ0) is 22.1. The number of hydrogen-bond donors (Lipinski definition) is 3. The second kappa shape index (κ2) is 10.9. The number of nitrogens with one attached hydrogen (secondary N) is 3. The summed E-state index contributed by atoms with van der Waals surface area (Å²) in [5.41, 5.74) is 1.17. The Labute approximate surface area is 184 Å². The van der Waals surface area contributed by atoms with Gasteiger partial charge in [0.25, 0.3) is 11.6 Å². The number of halogens is 1. The van der Waals surface area contributed by atoms with Crippen LogP contribution < -0.4 is 16.0 Å². The molecule has 31 heavy (non-hydrogen) atoms. The summed E-state index contributed by atoms with van der Waals surface area (Å²) in [6, 6.07) is 13.3. The van der Waals surface area contributed by atoms with Crippen LogP contribution >= 0.6 is 11.6 Å². The molecular weight excluding hydrogens is 420 g/mol. The van der Waals surface area contributed by atoms with Gasteiger partial charge in [0.1, 0.15) is 5.69 Å². The number of benzene rings is 2. The third kappa shape index (κ3) is 6.38. The van der Waals surface area contributed by atoms with Crippen molar-refractivity contribution in [2.45, 2.75) is 13.0 Å². The number of carbonyl (C=O) groups excluding carboxylic acids is 1. The van der Waals surface area contributed by atoms with Crippen LogP contribution in [-0.2, 0) is 6.54 Å². The summed E-state index contributed by atoms with van der Waals surface area (Å²) in [4.78, 5) is 31.4. The molecule has 0 aliphatic rings. The molecule has 9 nitrogen and oxygen atoms in total. The van der Waals surface area contributed by atoms with Gasteiger partial charge in [-0.1, -0.05) is 29.8 Å². The molecule has 0 spiro atoms. The first-order chi connectivity index (χ1) is 15.0. The van der Waals surface area contributed by atoms with E-state index in [1.807, 2.05) is 18.2 Å². The number of nitrogens with zero attached hydrogens (tertiary/aromatic N) is 3. The Morgan fingerprint density at radius 2 is 1.81 bits per heavy atom. The number of nitro groups is 1. The summed E-state index contributed by atoms with van der Waals surface area (Å²) >= 11 is 6.13. The Morgan fingerprint density at radius 1 is 1.03 bits per heavy atom. The van der Waals surface area contributed by atoms with Crippen molar-refractivity contribution in [3.05, 3.63) is 87.2 Å². The number of anilines is 2. The van der Waals surface area contributed by atoms with Crippen LogP contribution in [0.2, 0.25) is 5.02 Å². The minimum atomic E-state index is -0.518. The van der Waals surface area contributed by atoms with Crippen LogP contribution in [-0.4, -0.2) is 33.9 Å². The Balaban J connectivity index is 1.54.